The maximum atomic E-state index is 11.5. The number of halogens is 1. The normalized spacial score (nSPS) is 11.1. The molecule has 0 atom stereocenters. The van der Waals surface area contributed by atoms with Crippen molar-refractivity contribution in [3.63, 3.8) is 0 Å². The Hall–Kier alpha value is -2.33. The summed E-state index contributed by atoms with van der Waals surface area (Å²) >= 11 is 9.07. The minimum atomic E-state index is -3.75. The van der Waals surface area contributed by atoms with Gasteiger partial charge in [-0.15, -0.1) is 0 Å². The number of hydrogen-bond acceptors (Lipinski definition) is 4. The first-order valence-electron chi connectivity index (χ1n) is 8.64. The van der Waals surface area contributed by atoms with Gasteiger partial charge in [0.2, 0.25) is 10.0 Å². The lowest BCUT2D eigenvalue weighted by atomic mass is 10.2. The molecule has 150 valence electrons. The first-order valence-corrected chi connectivity index (χ1v) is 11.4. The van der Waals surface area contributed by atoms with Crippen LogP contribution in [-0.4, -0.2) is 18.5 Å². The highest BCUT2D eigenvalue weighted by atomic mass is 79.9. The Morgan fingerprint density at radius 3 is 2.21 bits per heavy atom. The molecule has 0 radical (unpaired) electrons. The maximum Gasteiger partial charge on any atom is 0.238 e. The van der Waals surface area contributed by atoms with E-state index in [0.29, 0.717) is 18.2 Å². The zero-order chi connectivity index (χ0) is 20.9. The quantitative estimate of drug-likeness (QED) is 0.513. The SMILES string of the molecule is NS(=O)(=O)c1ccc(N(Cc2ccc(Br)cc2)C(=S)NCc2ccncc2)cc1. The lowest BCUT2D eigenvalue weighted by Crippen LogP contribution is -2.39. The Kier molecular flexibility index (Phi) is 6.96. The second kappa shape index (κ2) is 9.45. The molecule has 0 amide bonds. The number of nitrogens with two attached hydrogens (primary N) is 1. The minimum Gasteiger partial charge on any atom is -0.358 e. The smallest absolute Gasteiger partial charge is 0.238 e. The number of aromatic nitrogens is 1. The van der Waals surface area contributed by atoms with Crippen LogP contribution in [0.3, 0.4) is 0 Å². The van der Waals surface area contributed by atoms with Gasteiger partial charge in [-0.25, -0.2) is 13.6 Å². The van der Waals surface area contributed by atoms with Crippen LogP contribution in [0.1, 0.15) is 11.1 Å². The maximum absolute atomic E-state index is 11.5. The van der Waals surface area contributed by atoms with E-state index in [1.54, 1.807) is 24.5 Å². The number of thiocarbonyl (C=S) groups is 1. The van der Waals surface area contributed by atoms with E-state index in [1.807, 2.05) is 41.3 Å². The molecule has 29 heavy (non-hydrogen) atoms. The first-order chi connectivity index (χ1) is 13.8. The van der Waals surface area contributed by atoms with E-state index in [1.165, 1.54) is 12.1 Å². The van der Waals surface area contributed by atoms with Gasteiger partial charge in [-0.2, -0.15) is 0 Å². The van der Waals surface area contributed by atoms with Crippen LogP contribution in [0.25, 0.3) is 0 Å². The lowest BCUT2D eigenvalue weighted by Gasteiger charge is -2.26. The van der Waals surface area contributed by atoms with Crippen molar-refractivity contribution in [2.45, 2.75) is 18.0 Å². The molecule has 9 heteroatoms. The van der Waals surface area contributed by atoms with Crippen LogP contribution in [0.2, 0.25) is 0 Å². The van der Waals surface area contributed by atoms with E-state index in [9.17, 15) is 8.42 Å². The van der Waals surface area contributed by atoms with Gasteiger partial charge in [0.1, 0.15) is 0 Å². The number of nitrogens with zero attached hydrogens (tertiary/aromatic N) is 2. The second-order valence-electron chi connectivity index (χ2n) is 6.27. The molecule has 3 rings (SSSR count). The molecule has 1 heterocycles. The van der Waals surface area contributed by atoms with Gasteiger partial charge in [0.05, 0.1) is 11.4 Å². The largest absolute Gasteiger partial charge is 0.358 e. The summed E-state index contributed by atoms with van der Waals surface area (Å²) in [7, 11) is -3.75. The summed E-state index contributed by atoms with van der Waals surface area (Å²) < 4.78 is 24.1. The van der Waals surface area contributed by atoms with Crippen molar-refractivity contribution < 1.29 is 8.42 Å². The van der Waals surface area contributed by atoms with Crippen molar-refractivity contribution >= 4 is 49.0 Å². The van der Waals surface area contributed by atoms with Gasteiger partial charge in [0.15, 0.2) is 5.11 Å². The number of sulfonamides is 1. The zero-order valence-electron chi connectivity index (χ0n) is 15.3. The number of anilines is 1. The van der Waals surface area contributed by atoms with Crippen LogP contribution >= 0.6 is 28.1 Å². The topological polar surface area (TPSA) is 88.3 Å². The van der Waals surface area contributed by atoms with Gasteiger partial charge in [-0.3, -0.25) is 4.98 Å². The highest BCUT2D eigenvalue weighted by Crippen LogP contribution is 2.21. The summed E-state index contributed by atoms with van der Waals surface area (Å²) in [5.74, 6) is 0. The standard InChI is InChI=1S/C20H19BrN4O2S2/c21-17-3-1-16(2-4-17)14-25(18-5-7-19(8-6-18)29(22,26)27)20(28)24-13-15-9-11-23-12-10-15/h1-12H,13-14H2,(H,24,28)(H2,22,26,27). The Bertz CT molecular complexity index is 1070. The number of hydrogen-bond donors (Lipinski definition) is 2. The fraction of sp³-hybridized carbons (Fsp3) is 0.100. The van der Waals surface area contributed by atoms with Gasteiger partial charge in [-0.05, 0) is 71.9 Å². The van der Waals surface area contributed by atoms with Crippen molar-refractivity contribution in [3.05, 3.63) is 88.7 Å². The fourth-order valence-corrected chi connectivity index (χ4v) is 3.66. The van der Waals surface area contributed by atoms with Crippen LogP contribution in [0, 0.1) is 0 Å². The molecule has 0 aliphatic heterocycles. The van der Waals surface area contributed by atoms with E-state index in [4.69, 9.17) is 17.4 Å². The predicted octanol–water partition coefficient (Wildman–Crippen LogP) is 3.57. The molecule has 0 bridgehead atoms. The van der Waals surface area contributed by atoms with Gasteiger partial charge in [0, 0.05) is 29.1 Å². The summed E-state index contributed by atoms with van der Waals surface area (Å²) in [6, 6.07) is 18.1. The molecule has 0 saturated carbocycles. The average molecular weight is 491 g/mol. The zero-order valence-corrected chi connectivity index (χ0v) is 18.5. The molecule has 0 unspecified atom stereocenters. The van der Waals surface area contributed by atoms with E-state index >= 15 is 0 Å². The summed E-state index contributed by atoms with van der Waals surface area (Å²) in [5.41, 5.74) is 2.86. The van der Waals surface area contributed by atoms with Crippen molar-refractivity contribution in [1.82, 2.24) is 10.3 Å². The fourth-order valence-electron chi connectivity index (χ4n) is 2.64. The molecule has 0 saturated heterocycles. The van der Waals surface area contributed by atoms with E-state index < -0.39 is 10.0 Å². The monoisotopic (exact) mass is 490 g/mol. The second-order valence-corrected chi connectivity index (χ2v) is 9.13. The Labute approximate surface area is 183 Å². The number of pyridine rings is 1. The molecular formula is C20H19BrN4O2S2. The third-order valence-electron chi connectivity index (χ3n) is 4.17. The van der Waals surface area contributed by atoms with Crippen molar-refractivity contribution in [2.24, 2.45) is 5.14 Å². The van der Waals surface area contributed by atoms with Crippen LogP contribution < -0.4 is 15.4 Å². The van der Waals surface area contributed by atoms with Crippen LogP contribution in [0.15, 0.2) is 82.4 Å². The molecule has 0 aliphatic carbocycles. The molecule has 2 aromatic carbocycles. The molecule has 0 spiro atoms. The van der Waals surface area contributed by atoms with E-state index in [0.717, 1.165) is 21.3 Å². The Morgan fingerprint density at radius 1 is 1.00 bits per heavy atom. The average Bonchev–Trinajstić information content (AvgIpc) is 2.72. The highest BCUT2D eigenvalue weighted by Gasteiger charge is 2.15. The summed E-state index contributed by atoms with van der Waals surface area (Å²) in [6.45, 7) is 1.07. The predicted molar refractivity (Wildman–Crippen MR) is 122 cm³/mol. The number of primary sulfonamides is 1. The van der Waals surface area contributed by atoms with Gasteiger partial charge in [0.25, 0.3) is 0 Å². The van der Waals surface area contributed by atoms with Gasteiger partial charge in [-0.1, -0.05) is 28.1 Å². The molecule has 0 fully saturated rings. The van der Waals surface area contributed by atoms with Gasteiger partial charge >= 0.3 is 0 Å². The van der Waals surface area contributed by atoms with Crippen LogP contribution in [0.4, 0.5) is 5.69 Å². The summed E-state index contributed by atoms with van der Waals surface area (Å²) in [5, 5.41) is 8.98. The summed E-state index contributed by atoms with van der Waals surface area (Å²) in [4.78, 5) is 5.98. The number of nitrogens with one attached hydrogen (secondary N) is 1. The minimum absolute atomic E-state index is 0.0560. The lowest BCUT2D eigenvalue weighted by molar-refractivity contribution is 0.598. The third-order valence-corrected chi connectivity index (χ3v) is 5.99. The van der Waals surface area contributed by atoms with Crippen molar-refractivity contribution in [2.75, 3.05) is 4.90 Å². The van der Waals surface area contributed by atoms with E-state index in [2.05, 4.69) is 26.2 Å². The summed E-state index contributed by atoms with van der Waals surface area (Å²) in [6.07, 6.45) is 3.46. The highest BCUT2D eigenvalue weighted by molar-refractivity contribution is 9.10. The first kappa shape index (κ1) is 21.4. The van der Waals surface area contributed by atoms with Gasteiger partial charge < -0.3 is 10.2 Å². The van der Waals surface area contributed by atoms with Crippen molar-refractivity contribution in [3.8, 4) is 0 Å². The van der Waals surface area contributed by atoms with Crippen LogP contribution in [-0.2, 0) is 23.1 Å². The van der Waals surface area contributed by atoms with Crippen molar-refractivity contribution in [1.29, 1.82) is 0 Å². The van der Waals surface area contributed by atoms with E-state index in [-0.39, 0.29) is 4.90 Å². The number of benzene rings is 2. The van der Waals surface area contributed by atoms with Crippen LogP contribution in [0.5, 0.6) is 0 Å². The Balaban J connectivity index is 1.84. The molecule has 0 aliphatic rings. The number of rotatable bonds is 6. The molecule has 3 aromatic rings. The molecule has 6 nitrogen and oxygen atoms in total. The third kappa shape index (κ3) is 6.07. The molecule has 1 aromatic heterocycles. The molecular weight excluding hydrogens is 472 g/mol. The molecule has 3 N–H and O–H groups in total. The Morgan fingerprint density at radius 2 is 1.62 bits per heavy atom.